The fourth-order valence-electron chi connectivity index (χ4n) is 3.02. The predicted octanol–water partition coefficient (Wildman–Crippen LogP) is 5.56. The number of fused-ring (bicyclic) bond motifs is 1. The van der Waals surface area contributed by atoms with Gasteiger partial charge in [0.2, 0.25) is 0 Å². The van der Waals surface area contributed by atoms with Crippen molar-refractivity contribution in [2.24, 2.45) is 0 Å². The van der Waals surface area contributed by atoms with Crippen LogP contribution in [-0.2, 0) is 13.2 Å². The number of carbonyl (C=O) groups is 1. The molecule has 0 fully saturated rings. The van der Waals surface area contributed by atoms with Gasteiger partial charge in [0.25, 0.3) is 0 Å². The van der Waals surface area contributed by atoms with E-state index in [-0.39, 0.29) is 18.9 Å². The molecule has 0 radical (unpaired) electrons. The average molecular weight is 462 g/mol. The minimum absolute atomic E-state index is 0.00760. The summed E-state index contributed by atoms with van der Waals surface area (Å²) >= 11 is 11.9. The van der Waals surface area contributed by atoms with Crippen LogP contribution in [-0.4, -0.2) is 26.0 Å². The van der Waals surface area contributed by atoms with E-state index in [0.29, 0.717) is 38.0 Å². The first kappa shape index (κ1) is 20.9. The van der Waals surface area contributed by atoms with Crippen LogP contribution in [0.4, 0.5) is 9.18 Å². The van der Waals surface area contributed by atoms with Crippen LogP contribution in [0.5, 0.6) is 11.5 Å². The lowest BCUT2D eigenvalue weighted by Gasteiger charge is -2.13. The lowest BCUT2D eigenvalue weighted by Crippen LogP contribution is -2.07. The molecule has 0 aliphatic heterocycles. The van der Waals surface area contributed by atoms with Crippen molar-refractivity contribution in [2.75, 3.05) is 0 Å². The van der Waals surface area contributed by atoms with Gasteiger partial charge in [0, 0.05) is 33.4 Å². The van der Waals surface area contributed by atoms with Crippen LogP contribution < -0.4 is 9.47 Å². The molecule has 0 spiro atoms. The van der Waals surface area contributed by atoms with Gasteiger partial charge in [-0.05, 0) is 30.3 Å². The molecule has 7 nitrogen and oxygen atoms in total. The number of pyridine rings is 1. The van der Waals surface area contributed by atoms with E-state index >= 15 is 0 Å². The number of hydrogen-bond acceptors (Lipinski definition) is 5. The highest BCUT2D eigenvalue weighted by molar-refractivity contribution is 6.30. The van der Waals surface area contributed by atoms with Crippen molar-refractivity contribution in [2.45, 2.75) is 13.2 Å². The molecule has 0 saturated heterocycles. The number of halogens is 3. The summed E-state index contributed by atoms with van der Waals surface area (Å²) < 4.78 is 26.2. The molecular formula is C21H14Cl2FN3O4. The van der Waals surface area contributed by atoms with E-state index in [1.54, 1.807) is 35.0 Å². The molecule has 2 aromatic heterocycles. The van der Waals surface area contributed by atoms with Crippen LogP contribution in [0, 0.1) is 5.82 Å². The first-order chi connectivity index (χ1) is 14.9. The van der Waals surface area contributed by atoms with Gasteiger partial charge in [-0.1, -0.05) is 29.3 Å². The summed E-state index contributed by atoms with van der Waals surface area (Å²) in [7, 11) is 0. The van der Waals surface area contributed by atoms with Crippen molar-refractivity contribution in [3.63, 3.8) is 0 Å². The molecular weight excluding hydrogens is 448 g/mol. The molecule has 1 N–H and O–H groups in total. The van der Waals surface area contributed by atoms with Gasteiger partial charge in [-0.2, -0.15) is 5.10 Å². The Morgan fingerprint density at radius 2 is 1.84 bits per heavy atom. The van der Waals surface area contributed by atoms with Crippen LogP contribution in [0.1, 0.15) is 11.1 Å². The highest BCUT2D eigenvalue weighted by Gasteiger charge is 2.15. The van der Waals surface area contributed by atoms with E-state index in [2.05, 4.69) is 10.1 Å². The zero-order chi connectivity index (χ0) is 22.0. The highest BCUT2D eigenvalue weighted by atomic mass is 35.5. The average Bonchev–Trinajstić information content (AvgIpc) is 3.12. The number of hydrogen-bond donors (Lipinski definition) is 1. The molecule has 0 unspecified atom stereocenters. The van der Waals surface area contributed by atoms with E-state index in [4.69, 9.17) is 37.8 Å². The Kier molecular flexibility index (Phi) is 5.92. The minimum Gasteiger partial charge on any atom is -0.488 e. The maximum atomic E-state index is 14.1. The Morgan fingerprint density at radius 1 is 1.06 bits per heavy atom. The molecule has 0 aliphatic carbocycles. The van der Waals surface area contributed by atoms with Crippen LogP contribution in [0.2, 0.25) is 10.0 Å². The molecule has 0 saturated carbocycles. The second-order valence-corrected chi connectivity index (χ2v) is 7.37. The third-order valence-corrected chi connectivity index (χ3v) is 4.91. The number of aromatic nitrogens is 3. The van der Waals surface area contributed by atoms with Crippen molar-refractivity contribution in [1.29, 1.82) is 0 Å². The van der Waals surface area contributed by atoms with Crippen molar-refractivity contribution in [3.05, 3.63) is 81.8 Å². The molecule has 4 aromatic rings. The molecule has 2 aromatic carbocycles. The predicted molar refractivity (Wildman–Crippen MR) is 112 cm³/mol. The summed E-state index contributed by atoms with van der Waals surface area (Å²) in [6.07, 6.45) is 1.46. The van der Waals surface area contributed by atoms with Crippen molar-refractivity contribution >= 4 is 40.4 Å². The largest absolute Gasteiger partial charge is 0.511 e. The highest BCUT2D eigenvalue weighted by Crippen LogP contribution is 2.28. The summed E-state index contributed by atoms with van der Waals surface area (Å²) in [6.45, 7) is 0.221. The van der Waals surface area contributed by atoms with Crippen LogP contribution >= 0.6 is 23.2 Å². The number of benzene rings is 2. The molecule has 0 bridgehead atoms. The van der Waals surface area contributed by atoms with Crippen molar-refractivity contribution in [3.8, 4) is 11.5 Å². The zero-order valence-electron chi connectivity index (χ0n) is 15.8. The number of carboxylic acid groups (broad SMARTS) is 1. The zero-order valence-corrected chi connectivity index (χ0v) is 17.3. The van der Waals surface area contributed by atoms with E-state index in [1.165, 1.54) is 24.5 Å². The number of rotatable bonds is 6. The van der Waals surface area contributed by atoms with E-state index in [9.17, 15) is 9.18 Å². The van der Waals surface area contributed by atoms with E-state index in [0.717, 1.165) is 0 Å². The molecule has 158 valence electrons. The summed E-state index contributed by atoms with van der Waals surface area (Å²) in [5, 5.41) is 14.4. The first-order valence-electron chi connectivity index (χ1n) is 8.97. The van der Waals surface area contributed by atoms with Gasteiger partial charge >= 0.3 is 6.16 Å². The summed E-state index contributed by atoms with van der Waals surface area (Å²) in [5.41, 5.74) is 1.46. The minimum atomic E-state index is -1.43. The molecule has 0 atom stereocenters. The van der Waals surface area contributed by atoms with Gasteiger partial charge in [-0.15, -0.1) is 0 Å². The number of nitrogens with zero attached hydrogens (tertiary/aromatic N) is 3. The van der Waals surface area contributed by atoms with Crippen molar-refractivity contribution in [1.82, 2.24) is 14.8 Å². The standard InChI is InChI=1S/C21H14Cl2FN3O4/c22-14-3-4-18(30-11-12-1-2-15(23)8-17(12)24)13(7-14)10-27-20-16(9-26-27)19(5-6-25-20)31-21(28)29/h1-9H,10-11H2,(H,28,29). The first-order valence-corrected chi connectivity index (χ1v) is 9.73. The monoisotopic (exact) mass is 461 g/mol. The van der Waals surface area contributed by atoms with Gasteiger partial charge in [-0.3, -0.25) is 0 Å². The third-order valence-electron chi connectivity index (χ3n) is 4.44. The smallest absolute Gasteiger partial charge is 0.488 e. The van der Waals surface area contributed by atoms with E-state index in [1.807, 2.05) is 0 Å². The fourth-order valence-corrected chi connectivity index (χ4v) is 3.37. The van der Waals surface area contributed by atoms with Gasteiger partial charge in [-0.25, -0.2) is 18.9 Å². The van der Waals surface area contributed by atoms with Gasteiger partial charge in [0.05, 0.1) is 18.1 Å². The topological polar surface area (TPSA) is 86.5 Å². The summed E-state index contributed by atoms with van der Waals surface area (Å²) in [4.78, 5) is 15.2. The molecule has 4 rings (SSSR count). The van der Waals surface area contributed by atoms with Crippen LogP contribution in [0.15, 0.2) is 54.9 Å². The molecule has 10 heteroatoms. The quantitative estimate of drug-likeness (QED) is 0.378. The third kappa shape index (κ3) is 4.70. The fraction of sp³-hybridized carbons (Fsp3) is 0.0952. The molecule has 2 heterocycles. The van der Waals surface area contributed by atoms with Crippen LogP contribution in [0.3, 0.4) is 0 Å². The van der Waals surface area contributed by atoms with Crippen LogP contribution in [0.25, 0.3) is 11.0 Å². The second kappa shape index (κ2) is 8.79. The lowest BCUT2D eigenvalue weighted by atomic mass is 10.2. The molecule has 31 heavy (non-hydrogen) atoms. The SMILES string of the molecule is O=C(O)Oc1ccnc2c1cnn2Cc1cc(Cl)ccc1OCc1ccc(Cl)cc1F. The summed E-state index contributed by atoms with van der Waals surface area (Å²) in [5.74, 6) is 0.154. The lowest BCUT2D eigenvalue weighted by molar-refractivity contribution is 0.145. The summed E-state index contributed by atoms with van der Waals surface area (Å²) in [6, 6.07) is 10.9. The Labute approximate surface area is 185 Å². The second-order valence-electron chi connectivity index (χ2n) is 6.49. The Hall–Kier alpha value is -3.36. The normalized spacial score (nSPS) is 10.9. The van der Waals surface area contributed by atoms with Gasteiger partial charge < -0.3 is 14.6 Å². The van der Waals surface area contributed by atoms with Crippen molar-refractivity contribution < 1.29 is 23.8 Å². The van der Waals surface area contributed by atoms with Gasteiger partial charge in [0.15, 0.2) is 5.65 Å². The Balaban J connectivity index is 1.62. The Morgan fingerprint density at radius 3 is 2.61 bits per heavy atom. The maximum Gasteiger partial charge on any atom is 0.511 e. The number of ether oxygens (including phenoxy) is 2. The van der Waals surface area contributed by atoms with Gasteiger partial charge in [0.1, 0.15) is 23.9 Å². The van der Waals surface area contributed by atoms with E-state index < -0.39 is 12.0 Å². The maximum absolute atomic E-state index is 14.1. The Bertz CT molecular complexity index is 1280. The molecule has 0 aliphatic rings. The molecule has 0 amide bonds.